The number of nitrogens with zero attached hydrogens (tertiary/aromatic N) is 3. The molecule has 27 heavy (non-hydrogen) atoms. The molecule has 0 fully saturated rings. The Morgan fingerprint density at radius 1 is 1.19 bits per heavy atom. The summed E-state index contributed by atoms with van der Waals surface area (Å²) in [4.78, 5) is 14.4. The Balaban J connectivity index is 1.80. The second kappa shape index (κ2) is 8.86. The first kappa shape index (κ1) is 18.5. The lowest BCUT2D eigenvalue weighted by molar-refractivity contribution is 0.184. The van der Waals surface area contributed by atoms with Gasteiger partial charge in [0.15, 0.2) is 0 Å². The van der Waals surface area contributed by atoms with Crippen LogP contribution < -0.4 is 10.1 Å². The van der Waals surface area contributed by atoms with E-state index in [4.69, 9.17) is 4.74 Å². The van der Waals surface area contributed by atoms with Gasteiger partial charge in [-0.2, -0.15) is 5.10 Å². The fourth-order valence-corrected chi connectivity index (χ4v) is 2.80. The summed E-state index contributed by atoms with van der Waals surface area (Å²) in [6.45, 7) is 0.386. The summed E-state index contributed by atoms with van der Waals surface area (Å²) in [5.41, 5.74) is 2.26. The number of ether oxygens (including phenoxy) is 1. The zero-order valence-corrected chi connectivity index (χ0v) is 15.1. The van der Waals surface area contributed by atoms with Crippen molar-refractivity contribution in [3.05, 3.63) is 72.6 Å². The molecule has 3 aromatic rings. The minimum Gasteiger partial charge on any atom is -0.496 e. The van der Waals surface area contributed by atoms with Crippen LogP contribution in [0.1, 0.15) is 5.56 Å². The van der Waals surface area contributed by atoms with Gasteiger partial charge in [0.1, 0.15) is 5.75 Å². The zero-order chi connectivity index (χ0) is 19.1. The minimum absolute atomic E-state index is 0.136. The number of hydrogen-bond acceptors (Lipinski definition) is 4. The predicted octanol–water partition coefficient (Wildman–Crippen LogP) is 2.91. The number of para-hydroxylation sites is 3. The van der Waals surface area contributed by atoms with Crippen molar-refractivity contribution in [2.45, 2.75) is 6.54 Å². The summed E-state index contributed by atoms with van der Waals surface area (Å²) >= 11 is 0. The maximum atomic E-state index is 12.9. The van der Waals surface area contributed by atoms with Crippen LogP contribution in [0.3, 0.4) is 0 Å². The molecule has 0 bridgehead atoms. The Bertz CT molecular complexity index is 880. The van der Waals surface area contributed by atoms with E-state index in [0.29, 0.717) is 18.0 Å². The van der Waals surface area contributed by atoms with Gasteiger partial charge in [-0.3, -0.25) is 0 Å². The van der Waals surface area contributed by atoms with Gasteiger partial charge >= 0.3 is 6.03 Å². The Morgan fingerprint density at radius 3 is 2.70 bits per heavy atom. The number of hydrogen-bond donors (Lipinski definition) is 2. The molecule has 0 aliphatic rings. The number of anilines is 1. The van der Waals surface area contributed by atoms with Crippen LogP contribution in [0.4, 0.5) is 10.5 Å². The van der Waals surface area contributed by atoms with E-state index in [2.05, 4.69) is 10.4 Å². The van der Waals surface area contributed by atoms with Gasteiger partial charge in [0.2, 0.25) is 0 Å². The van der Waals surface area contributed by atoms with Gasteiger partial charge < -0.3 is 20.1 Å². The van der Waals surface area contributed by atoms with E-state index in [-0.39, 0.29) is 19.2 Å². The van der Waals surface area contributed by atoms with Crippen LogP contribution in [0.25, 0.3) is 5.69 Å². The number of benzene rings is 2. The Kier molecular flexibility index (Phi) is 6.06. The van der Waals surface area contributed by atoms with Gasteiger partial charge in [-0.15, -0.1) is 0 Å². The molecule has 0 saturated carbocycles. The van der Waals surface area contributed by atoms with Crippen molar-refractivity contribution in [2.24, 2.45) is 0 Å². The Hall–Kier alpha value is -3.32. The van der Waals surface area contributed by atoms with E-state index in [1.807, 2.05) is 60.8 Å². The number of methoxy groups -OCH3 is 1. The third-order valence-electron chi connectivity index (χ3n) is 4.11. The van der Waals surface area contributed by atoms with Crippen molar-refractivity contribution in [2.75, 3.05) is 25.6 Å². The normalized spacial score (nSPS) is 10.4. The summed E-state index contributed by atoms with van der Waals surface area (Å²) in [7, 11) is 1.59. The van der Waals surface area contributed by atoms with E-state index in [1.54, 1.807) is 18.0 Å². The summed E-state index contributed by atoms with van der Waals surface area (Å²) in [6, 6.07) is 16.4. The summed E-state index contributed by atoms with van der Waals surface area (Å²) in [6.07, 6.45) is 3.49. The number of aromatic nitrogens is 2. The van der Waals surface area contributed by atoms with Crippen LogP contribution >= 0.6 is 0 Å². The Morgan fingerprint density at radius 2 is 1.96 bits per heavy atom. The molecule has 2 N–H and O–H groups in total. The van der Waals surface area contributed by atoms with Crippen molar-refractivity contribution in [3.63, 3.8) is 0 Å². The number of carbonyl (C=O) groups excluding carboxylic acids is 1. The molecular formula is C20H22N4O3. The number of urea groups is 1. The van der Waals surface area contributed by atoms with Crippen LogP contribution in [-0.2, 0) is 6.54 Å². The molecule has 0 spiro atoms. The van der Waals surface area contributed by atoms with E-state index in [9.17, 15) is 9.90 Å². The van der Waals surface area contributed by atoms with Crippen molar-refractivity contribution < 1.29 is 14.6 Å². The van der Waals surface area contributed by atoms with Gasteiger partial charge in [0, 0.05) is 24.5 Å². The van der Waals surface area contributed by atoms with Crippen molar-refractivity contribution in [3.8, 4) is 11.4 Å². The van der Waals surface area contributed by atoms with E-state index in [1.165, 1.54) is 4.90 Å². The molecule has 1 heterocycles. The highest BCUT2D eigenvalue weighted by molar-refractivity contribution is 5.91. The fourth-order valence-electron chi connectivity index (χ4n) is 2.80. The lowest BCUT2D eigenvalue weighted by atomic mass is 10.2. The first-order chi connectivity index (χ1) is 13.2. The molecule has 7 heteroatoms. The minimum atomic E-state index is -0.311. The zero-order valence-electron chi connectivity index (χ0n) is 15.1. The highest BCUT2D eigenvalue weighted by atomic mass is 16.5. The molecule has 0 aliphatic carbocycles. The molecular weight excluding hydrogens is 344 g/mol. The maximum Gasteiger partial charge on any atom is 0.322 e. The predicted molar refractivity (Wildman–Crippen MR) is 103 cm³/mol. The average Bonchev–Trinajstić information content (AvgIpc) is 3.23. The van der Waals surface area contributed by atoms with Crippen LogP contribution in [0, 0.1) is 0 Å². The second-order valence-electron chi connectivity index (χ2n) is 5.85. The van der Waals surface area contributed by atoms with Gasteiger partial charge in [-0.05, 0) is 24.3 Å². The second-order valence-corrected chi connectivity index (χ2v) is 5.85. The van der Waals surface area contributed by atoms with Gasteiger partial charge in [-0.1, -0.05) is 30.3 Å². The van der Waals surface area contributed by atoms with Crippen LogP contribution in [0.5, 0.6) is 5.75 Å². The number of amides is 2. The number of aliphatic hydroxyl groups excluding tert-OH is 1. The number of carbonyl (C=O) groups is 1. The van der Waals surface area contributed by atoms with Crippen LogP contribution in [0.15, 0.2) is 67.0 Å². The third kappa shape index (κ3) is 4.45. The SMILES string of the molecule is COc1ccccc1CN(CCO)C(=O)Nc1ccccc1-n1cccn1. The van der Waals surface area contributed by atoms with Gasteiger partial charge in [0.05, 0.1) is 31.6 Å². The molecule has 0 saturated heterocycles. The molecule has 0 atom stereocenters. The smallest absolute Gasteiger partial charge is 0.322 e. The quantitative estimate of drug-likeness (QED) is 0.674. The Labute approximate surface area is 157 Å². The highest BCUT2D eigenvalue weighted by Crippen LogP contribution is 2.22. The highest BCUT2D eigenvalue weighted by Gasteiger charge is 2.17. The molecule has 2 amide bonds. The van der Waals surface area contributed by atoms with Gasteiger partial charge in [-0.25, -0.2) is 9.48 Å². The molecule has 140 valence electrons. The van der Waals surface area contributed by atoms with Crippen molar-refractivity contribution in [1.82, 2.24) is 14.7 Å². The summed E-state index contributed by atoms with van der Waals surface area (Å²) in [5.74, 6) is 0.699. The molecule has 7 nitrogen and oxygen atoms in total. The molecule has 2 aromatic carbocycles. The summed E-state index contributed by atoms with van der Waals surface area (Å²) < 4.78 is 7.04. The monoisotopic (exact) mass is 366 g/mol. The van der Waals surface area contributed by atoms with Crippen LogP contribution in [0.2, 0.25) is 0 Å². The van der Waals surface area contributed by atoms with Gasteiger partial charge in [0.25, 0.3) is 0 Å². The standard InChI is InChI=1S/C20H22N4O3/c1-27-19-10-5-2-7-16(19)15-23(13-14-25)20(26)22-17-8-3-4-9-18(17)24-12-6-11-21-24/h2-12,25H,13-15H2,1H3,(H,22,26). The molecule has 3 rings (SSSR count). The molecule has 1 aromatic heterocycles. The van der Waals surface area contributed by atoms with E-state index in [0.717, 1.165) is 11.3 Å². The largest absolute Gasteiger partial charge is 0.496 e. The molecule has 0 unspecified atom stereocenters. The lowest BCUT2D eigenvalue weighted by Crippen LogP contribution is -2.36. The first-order valence-corrected chi connectivity index (χ1v) is 8.60. The van der Waals surface area contributed by atoms with Crippen LogP contribution in [-0.4, -0.2) is 46.1 Å². The number of rotatable bonds is 7. The average molecular weight is 366 g/mol. The molecule has 0 aliphatic heterocycles. The fraction of sp³-hybridized carbons (Fsp3) is 0.200. The number of aliphatic hydroxyl groups is 1. The number of nitrogens with one attached hydrogen (secondary N) is 1. The van der Waals surface area contributed by atoms with E-state index >= 15 is 0 Å². The topological polar surface area (TPSA) is 79.6 Å². The first-order valence-electron chi connectivity index (χ1n) is 8.60. The summed E-state index contributed by atoms with van der Waals surface area (Å²) in [5, 5.41) is 16.5. The maximum absolute atomic E-state index is 12.9. The third-order valence-corrected chi connectivity index (χ3v) is 4.11. The van der Waals surface area contributed by atoms with Crippen molar-refractivity contribution >= 4 is 11.7 Å². The lowest BCUT2D eigenvalue weighted by Gasteiger charge is -2.24. The van der Waals surface area contributed by atoms with Crippen molar-refractivity contribution in [1.29, 1.82) is 0 Å². The van der Waals surface area contributed by atoms with E-state index < -0.39 is 0 Å². The molecule has 0 radical (unpaired) electrons.